The van der Waals surface area contributed by atoms with E-state index in [2.05, 4.69) is 25.3 Å². The molecule has 9 nitrogen and oxygen atoms in total. The second kappa shape index (κ2) is 20.3. The Morgan fingerprint density at radius 1 is 0.614 bits per heavy atom. The Kier molecular flexibility index (Phi) is 15.0. The monoisotopic (exact) mass is 836 g/mol. The number of carbonyl (C=O) groups is 1. The number of hydrogen-bond donors (Lipinski definition) is 4. The number of aromatic nitrogens is 4. The number of nitrogens with one attached hydrogen (secondary N) is 1. The third kappa shape index (κ3) is 11.8. The lowest BCUT2D eigenvalue weighted by atomic mass is 9.96. The van der Waals surface area contributed by atoms with Crippen LogP contribution in [0.1, 0.15) is 38.7 Å². The van der Waals surface area contributed by atoms with Gasteiger partial charge in [-0.15, -0.1) is 0 Å². The summed E-state index contributed by atoms with van der Waals surface area (Å²) in [6.45, 7) is 3.98. The number of hydrogen-bond acceptors (Lipinski definition) is 9. The normalized spacial score (nSPS) is 10.8. The largest absolute Gasteiger partial charge is 0.506 e. The Morgan fingerprint density at radius 3 is 1.81 bits per heavy atom. The Hall–Kier alpha value is -5.97. The molecule has 0 saturated carbocycles. The number of nitrogens with two attached hydrogens (primary N) is 1. The number of para-hydroxylation sites is 1. The lowest BCUT2D eigenvalue weighted by Crippen LogP contribution is -2.14. The fourth-order valence-electron chi connectivity index (χ4n) is 5.44. The molecule has 4 aromatic carbocycles. The quantitative estimate of drug-likeness (QED) is 0.124. The summed E-state index contributed by atoms with van der Waals surface area (Å²) in [5.41, 5.74) is 10.7. The highest BCUT2D eigenvalue weighted by molar-refractivity contribution is 6.36. The van der Waals surface area contributed by atoms with E-state index in [9.17, 15) is 15.0 Å². The molecular formula is C44H36Cl4N6O3. The number of nitrogen functional groups attached to an aromatic ring is 1. The van der Waals surface area contributed by atoms with E-state index in [1.807, 2.05) is 86.6 Å². The van der Waals surface area contributed by atoms with Gasteiger partial charge in [0.25, 0.3) is 0 Å². The number of aromatic hydroxyl groups is 2. The first-order valence-electron chi connectivity index (χ1n) is 17.2. The van der Waals surface area contributed by atoms with Gasteiger partial charge in [-0.05, 0) is 103 Å². The average Bonchev–Trinajstić information content (AvgIpc) is 3.19. The molecular weight excluding hydrogens is 802 g/mol. The van der Waals surface area contributed by atoms with Gasteiger partial charge in [0.15, 0.2) is 6.29 Å². The van der Waals surface area contributed by atoms with Crippen molar-refractivity contribution in [1.82, 2.24) is 19.9 Å². The molecule has 0 radical (unpaired) electrons. The van der Waals surface area contributed by atoms with Crippen LogP contribution in [0.2, 0.25) is 20.1 Å². The number of phenolic OH excluding ortho intramolecular Hbond substituents is 2. The molecule has 0 spiro atoms. The van der Waals surface area contributed by atoms with Crippen molar-refractivity contribution in [1.29, 1.82) is 0 Å². The maximum atomic E-state index is 11.0. The van der Waals surface area contributed by atoms with E-state index >= 15 is 0 Å². The van der Waals surface area contributed by atoms with Crippen LogP contribution in [0.15, 0.2) is 140 Å². The second-order valence-corrected chi connectivity index (χ2v) is 14.1. The number of aldehydes is 1. The average molecular weight is 839 g/mol. The van der Waals surface area contributed by atoms with Gasteiger partial charge in [-0.25, -0.2) is 9.97 Å². The molecule has 288 valence electrons. The number of pyridine rings is 4. The van der Waals surface area contributed by atoms with Crippen LogP contribution in [0.3, 0.4) is 0 Å². The third-order valence-corrected chi connectivity index (χ3v) is 9.33. The molecule has 0 aliphatic rings. The zero-order valence-corrected chi connectivity index (χ0v) is 33.6. The predicted octanol–water partition coefficient (Wildman–Crippen LogP) is 11.9. The number of carbonyl (C=O) groups excluding carboxylic acids is 1. The molecule has 0 fully saturated rings. The van der Waals surface area contributed by atoms with Crippen LogP contribution in [0.5, 0.6) is 11.5 Å². The first-order chi connectivity index (χ1) is 27.4. The Labute approximate surface area is 349 Å². The standard InChI is InChI=1S/C22H17Cl2N3O.C9H7NO.C7H4Cl2O.C6H8N2/c1-13-8-10-25-19(11-13)27-21(16-7-5-15(23)12-18(16)24)17-6-4-14-3-2-9-26-20(14)22(17)28;11-8-5-1-3-7-4-2-6-10-9(7)8;8-6-2-1-5(4-10)7(9)3-6;1-5-2-3-8-6(7)4-5/h2-12,21,28H,1H3,(H,25,27);1-6,11H;1-4H;2-4H,1H3,(H2,7,8). The summed E-state index contributed by atoms with van der Waals surface area (Å²) in [4.78, 5) is 26.8. The molecule has 13 heteroatoms. The summed E-state index contributed by atoms with van der Waals surface area (Å²) in [6, 6.07) is 33.9. The van der Waals surface area contributed by atoms with Gasteiger partial charge in [-0.3, -0.25) is 14.8 Å². The van der Waals surface area contributed by atoms with Gasteiger partial charge >= 0.3 is 0 Å². The zero-order chi connectivity index (χ0) is 40.9. The highest BCUT2D eigenvalue weighted by Crippen LogP contribution is 2.39. The summed E-state index contributed by atoms with van der Waals surface area (Å²) in [7, 11) is 0. The van der Waals surface area contributed by atoms with Gasteiger partial charge in [-0.2, -0.15) is 0 Å². The summed E-state index contributed by atoms with van der Waals surface area (Å²) in [5, 5.41) is 27.5. The van der Waals surface area contributed by atoms with Gasteiger partial charge in [0, 0.05) is 61.8 Å². The van der Waals surface area contributed by atoms with E-state index in [1.54, 1.807) is 61.2 Å². The summed E-state index contributed by atoms with van der Waals surface area (Å²) < 4.78 is 0. The maximum absolute atomic E-state index is 11.0. The second-order valence-electron chi connectivity index (χ2n) is 12.4. The SMILES string of the molecule is Cc1ccnc(N)c1.Cc1ccnc(NC(c2ccc(Cl)cc2Cl)c2ccc3cccnc3c2O)c1.O=Cc1ccc(Cl)cc1Cl.Oc1cccc2cccnc12. The summed E-state index contributed by atoms with van der Waals surface area (Å²) in [5.74, 6) is 1.61. The number of anilines is 2. The van der Waals surface area contributed by atoms with Crippen LogP contribution in [0, 0.1) is 13.8 Å². The smallest absolute Gasteiger partial charge is 0.151 e. The van der Waals surface area contributed by atoms with Gasteiger partial charge in [-0.1, -0.05) is 88.9 Å². The highest BCUT2D eigenvalue weighted by atomic mass is 35.5. The van der Waals surface area contributed by atoms with Crippen LogP contribution in [0.4, 0.5) is 11.6 Å². The molecule has 8 rings (SSSR count). The minimum absolute atomic E-state index is 0.106. The van der Waals surface area contributed by atoms with E-state index in [4.69, 9.17) is 52.1 Å². The maximum Gasteiger partial charge on any atom is 0.151 e. The molecule has 0 aliphatic heterocycles. The van der Waals surface area contributed by atoms with Crippen molar-refractivity contribution in [2.24, 2.45) is 0 Å². The number of aryl methyl sites for hydroxylation is 2. The highest BCUT2D eigenvalue weighted by Gasteiger charge is 2.23. The van der Waals surface area contributed by atoms with Crippen molar-refractivity contribution >= 4 is 86.1 Å². The van der Waals surface area contributed by atoms with Gasteiger partial charge < -0.3 is 21.3 Å². The van der Waals surface area contributed by atoms with Crippen molar-refractivity contribution < 1.29 is 15.0 Å². The van der Waals surface area contributed by atoms with E-state index in [0.29, 0.717) is 60.2 Å². The lowest BCUT2D eigenvalue weighted by molar-refractivity contribution is 0.112. The molecule has 0 amide bonds. The molecule has 0 bridgehead atoms. The molecule has 8 aromatic rings. The number of fused-ring (bicyclic) bond motifs is 2. The van der Waals surface area contributed by atoms with Crippen molar-refractivity contribution in [3.8, 4) is 11.5 Å². The number of benzene rings is 4. The summed E-state index contributed by atoms with van der Waals surface area (Å²) in [6.07, 6.45) is 7.46. The molecule has 1 unspecified atom stereocenters. The van der Waals surface area contributed by atoms with Gasteiger partial charge in [0.05, 0.1) is 11.1 Å². The predicted molar refractivity (Wildman–Crippen MR) is 233 cm³/mol. The molecule has 0 saturated heterocycles. The van der Waals surface area contributed by atoms with Crippen molar-refractivity contribution in [3.63, 3.8) is 0 Å². The van der Waals surface area contributed by atoms with E-state index in [1.165, 1.54) is 6.07 Å². The van der Waals surface area contributed by atoms with Crippen LogP contribution in [0.25, 0.3) is 21.8 Å². The number of halogens is 4. The van der Waals surface area contributed by atoms with Gasteiger partial charge in [0.2, 0.25) is 0 Å². The zero-order valence-electron chi connectivity index (χ0n) is 30.6. The van der Waals surface area contributed by atoms with Crippen LogP contribution >= 0.6 is 46.4 Å². The lowest BCUT2D eigenvalue weighted by Gasteiger charge is -2.23. The Morgan fingerprint density at radius 2 is 1.21 bits per heavy atom. The van der Waals surface area contributed by atoms with Crippen molar-refractivity contribution in [2.75, 3.05) is 11.1 Å². The first-order valence-corrected chi connectivity index (χ1v) is 18.8. The van der Waals surface area contributed by atoms with Crippen LogP contribution in [-0.4, -0.2) is 36.4 Å². The molecule has 57 heavy (non-hydrogen) atoms. The third-order valence-electron chi connectivity index (χ3n) is 8.21. The fourth-order valence-corrected chi connectivity index (χ4v) is 6.42. The first kappa shape index (κ1) is 42.2. The molecule has 1 atom stereocenters. The van der Waals surface area contributed by atoms with E-state index < -0.39 is 6.04 Å². The Balaban J connectivity index is 0.000000173. The van der Waals surface area contributed by atoms with Crippen LogP contribution < -0.4 is 11.1 Å². The van der Waals surface area contributed by atoms with E-state index in [-0.39, 0.29) is 11.5 Å². The molecule has 0 aliphatic carbocycles. The molecule has 4 aromatic heterocycles. The Bertz CT molecular complexity index is 2610. The molecule has 5 N–H and O–H groups in total. The van der Waals surface area contributed by atoms with Crippen molar-refractivity contribution in [2.45, 2.75) is 19.9 Å². The van der Waals surface area contributed by atoms with Gasteiger partial charge in [0.1, 0.15) is 34.2 Å². The molecule has 4 heterocycles. The number of rotatable bonds is 5. The fraction of sp³-hybridized carbons (Fsp3) is 0.0682. The minimum atomic E-state index is -0.439. The van der Waals surface area contributed by atoms with Crippen molar-refractivity contribution in [3.05, 3.63) is 188 Å². The number of phenols is 2. The topological polar surface area (TPSA) is 147 Å². The minimum Gasteiger partial charge on any atom is -0.506 e. The van der Waals surface area contributed by atoms with E-state index in [0.717, 1.165) is 27.5 Å². The van der Waals surface area contributed by atoms with Crippen LogP contribution in [-0.2, 0) is 0 Å². The number of nitrogens with zero attached hydrogens (tertiary/aromatic N) is 4. The summed E-state index contributed by atoms with van der Waals surface area (Å²) >= 11 is 23.8.